The van der Waals surface area contributed by atoms with Crippen molar-refractivity contribution in [2.45, 2.75) is 19.5 Å². The molecule has 1 atom stereocenters. The van der Waals surface area contributed by atoms with E-state index in [2.05, 4.69) is 26.5 Å². The number of hydrazine groups is 1. The molecular formula is C14H18BrClN4O. The summed E-state index contributed by atoms with van der Waals surface area (Å²) in [4.78, 5) is 0. The highest BCUT2D eigenvalue weighted by Gasteiger charge is 2.23. The zero-order chi connectivity index (χ0) is 15.4. The van der Waals surface area contributed by atoms with Crippen molar-refractivity contribution in [3.8, 4) is 0 Å². The first-order valence-corrected chi connectivity index (χ1v) is 7.68. The second-order valence-corrected chi connectivity index (χ2v) is 5.87. The van der Waals surface area contributed by atoms with Crippen LogP contribution in [0.2, 0.25) is 5.02 Å². The Kier molecular flexibility index (Phi) is 5.78. The Bertz CT molecular complexity index is 617. The Hall–Kier alpha value is -0.920. The lowest BCUT2D eigenvalue weighted by Gasteiger charge is -2.21. The van der Waals surface area contributed by atoms with Crippen LogP contribution in [0.3, 0.4) is 0 Å². The number of aromatic nitrogens is 2. The smallest absolute Gasteiger partial charge is 0.0904 e. The molecule has 0 bridgehead atoms. The summed E-state index contributed by atoms with van der Waals surface area (Å²) in [5.41, 5.74) is 5.80. The number of aryl methyl sites for hydroxylation is 1. The molecule has 114 valence electrons. The van der Waals surface area contributed by atoms with Crippen molar-refractivity contribution in [3.05, 3.63) is 50.7 Å². The molecular weight excluding hydrogens is 356 g/mol. The largest absolute Gasteiger partial charge is 0.383 e. The Morgan fingerprint density at radius 1 is 1.52 bits per heavy atom. The fourth-order valence-corrected chi connectivity index (χ4v) is 2.97. The van der Waals surface area contributed by atoms with E-state index < -0.39 is 0 Å². The Labute approximate surface area is 137 Å². The molecule has 2 aromatic rings. The SMILES string of the molecule is COCCn1ncc(Cl)c1C(NN)c1cccc(C)c1Br. The first-order chi connectivity index (χ1) is 10.1. The molecule has 7 heteroatoms. The molecule has 3 N–H and O–H groups in total. The summed E-state index contributed by atoms with van der Waals surface area (Å²) >= 11 is 9.92. The fourth-order valence-electron chi connectivity index (χ4n) is 2.22. The summed E-state index contributed by atoms with van der Waals surface area (Å²) in [6, 6.07) is 5.77. The van der Waals surface area contributed by atoms with Crippen LogP contribution in [-0.4, -0.2) is 23.5 Å². The van der Waals surface area contributed by atoms with Crippen molar-refractivity contribution >= 4 is 27.5 Å². The Balaban J connectivity index is 2.46. The fraction of sp³-hybridized carbons (Fsp3) is 0.357. The van der Waals surface area contributed by atoms with E-state index in [-0.39, 0.29) is 6.04 Å². The van der Waals surface area contributed by atoms with Crippen molar-refractivity contribution in [1.29, 1.82) is 0 Å². The Morgan fingerprint density at radius 3 is 2.95 bits per heavy atom. The molecule has 0 aliphatic carbocycles. The van der Waals surface area contributed by atoms with Crippen LogP contribution in [0, 0.1) is 6.92 Å². The monoisotopic (exact) mass is 372 g/mol. The number of hydrogen-bond donors (Lipinski definition) is 2. The van der Waals surface area contributed by atoms with Gasteiger partial charge in [-0.25, -0.2) is 5.43 Å². The molecule has 1 heterocycles. The molecule has 1 unspecified atom stereocenters. The minimum absolute atomic E-state index is 0.258. The van der Waals surface area contributed by atoms with E-state index in [1.54, 1.807) is 13.3 Å². The molecule has 0 spiro atoms. The minimum Gasteiger partial charge on any atom is -0.383 e. The molecule has 0 amide bonds. The maximum atomic E-state index is 6.30. The van der Waals surface area contributed by atoms with Crippen LogP contribution >= 0.6 is 27.5 Å². The maximum absolute atomic E-state index is 6.30. The molecule has 1 aromatic heterocycles. The van der Waals surface area contributed by atoms with Crippen LogP contribution in [0.25, 0.3) is 0 Å². The van der Waals surface area contributed by atoms with Gasteiger partial charge in [0, 0.05) is 11.6 Å². The van der Waals surface area contributed by atoms with Gasteiger partial charge in [0.2, 0.25) is 0 Å². The number of benzene rings is 1. The predicted octanol–water partition coefficient (Wildman–Crippen LogP) is 2.81. The number of hydrogen-bond acceptors (Lipinski definition) is 4. The normalized spacial score (nSPS) is 12.6. The summed E-state index contributed by atoms with van der Waals surface area (Å²) in [7, 11) is 1.65. The zero-order valence-corrected chi connectivity index (χ0v) is 14.3. The number of methoxy groups -OCH3 is 1. The average molecular weight is 374 g/mol. The van der Waals surface area contributed by atoms with Gasteiger partial charge in [-0.3, -0.25) is 10.5 Å². The van der Waals surface area contributed by atoms with Crippen molar-refractivity contribution in [2.75, 3.05) is 13.7 Å². The highest BCUT2D eigenvalue weighted by Crippen LogP contribution is 2.33. The van der Waals surface area contributed by atoms with Gasteiger partial charge in [0.05, 0.1) is 36.1 Å². The van der Waals surface area contributed by atoms with Gasteiger partial charge in [0.1, 0.15) is 0 Å². The van der Waals surface area contributed by atoms with Gasteiger partial charge in [0.25, 0.3) is 0 Å². The van der Waals surface area contributed by atoms with E-state index in [0.29, 0.717) is 18.2 Å². The van der Waals surface area contributed by atoms with Crippen LogP contribution < -0.4 is 11.3 Å². The minimum atomic E-state index is -0.258. The molecule has 0 saturated heterocycles. The van der Waals surface area contributed by atoms with Crippen molar-refractivity contribution in [2.24, 2.45) is 5.84 Å². The van der Waals surface area contributed by atoms with Crippen LogP contribution in [0.4, 0.5) is 0 Å². The molecule has 0 fully saturated rings. The zero-order valence-electron chi connectivity index (χ0n) is 11.9. The van der Waals surface area contributed by atoms with Crippen LogP contribution in [0.1, 0.15) is 22.9 Å². The van der Waals surface area contributed by atoms with Crippen molar-refractivity contribution in [1.82, 2.24) is 15.2 Å². The van der Waals surface area contributed by atoms with E-state index in [1.165, 1.54) is 0 Å². The Morgan fingerprint density at radius 2 is 2.29 bits per heavy atom. The summed E-state index contributed by atoms with van der Waals surface area (Å²) in [6.45, 7) is 3.20. The third-order valence-corrected chi connectivity index (χ3v) is 4.69. The number of nitrogens with zero attached hydrogens (tertiary/aromatic N) is 2. The quantitative estimate of drug-likeness (QED) is 0.604. The van der Waals surface area contributed by atoms with Gasteiger partial charge in [-0.1, -0.05) is 45.7 Å². The van der Waals surface area contributed by atoms with Crippen LogP contribution in [-0.2, 0) is 11.3 Å². The molecule has 0 saturated carbocycles. The highest BCUT2D eigenvalue weighted by molar-refractivity contribution is 9.10. The average Bonchev–Trinajstić information content (AvgIpc) is 2.83. The standard InChI is InChI=1S/C14H18BrClN4O/c1-9-4-3-5-10(12(9)15)13(19-17)14-11(16)8-18-20(14)6-7-21-2/h3-5,8,13,19H,6-7,17H2,1-2H3. The van der Waals surface area contributed by atoms with Crippen LogP contribution in [0.5, 0.6) is 0 Å². The first kappa shape index (κ1) is 16.5. The van der Waals surface area contributed by atoms with E-state index in [9.17, 15) is 0 Å². The second kappa shape index (κ2) is 7.38. The number of halogens is 2. The summed E-state index contributed by atoms with van der Waals surface area (Å²) in [5.74, 6) is 5.78. The lowest BCUT2D eigenvalue weighted by molar-refractivity contribution is 0.182. The topological polar surface area (TPSA) is 65.1 Å². The van der Waals surface area contributed by atoms with Gasteiger partial charge in [-0.2, -0.15) is 5.10 Å². The summed E-state index contributed by atoms with van der Waals surface area (Å²) < 4.78 is 7.92. The van der Waals surface area contributed by atoms with Gasteiger partial charge in [-0.15, -0.1) is 0 Å². The van der Waals surface area contributed by atoms with Gasteiger partial charge in [-0.05, 0) is 18.1 Å². The number of nitrogens with one attached hydrogen (secondary N) is 1. The second-order valence-electron chi connectivity index (χ2n) is 4.67. The number of nitrogens with two attached hydrogens (primary N) is 1. The maximum Gasteiger partial charge on any atom is 0.0904 e. The molecule has 0 radical (unpaired) electrons. The van der Waals surface area contributed by atoms with E-state index in [1.807, 2.05) is 29.8 Å². The summed E-state index contributed by atoms with van der Waals surface area (Å²) in [5, 5.41) is 4.87. The van der Waals surface area contributed by atoms with Gasteiger partial charge < -0.3 is 4.74 Å². The first-order valence-electron chi connectivity index (χ1n) is 6.51. The van der Waals surface area contributed by atoms with E-state index in [0.717, 1.165) is 21.3 Å². The number of rotatable bonds is 6. The number of ether oxygens (including phenoxy) is 1. The lowest BCUT2D eigenvalue weighted by atomic mass is 10.0. The molecule has 0 aliphatic rings. The predicted molar refractivity (Wildman–Crippen MR) is 87.2 cm³/mol. The van der Waals surface area contributed by atoms with Crippen molar-refractivity contribution in [3.63, 3.8) is 0 Å². The van der Waals surface area contributed by atoms with Crippen molar-refractivity contribution < 1.29 is 4.74 Å². The van der Waals surface area contributed by atoms with Crippen LogP contribution in [0.15, 0.2) is 28.9 Å². The highest BCUT2D eigenvalue weighted by atomic mass is 79.9. The molecule has 2 rings (SSSR count). The lowest BCUT2D eigenvalue weighted by Crippen LogP contribution is -2.31. The third kappa shape index (κ3) is 3.46. The van der Waals surface area contributed by atoms with Gasteiger partial charge >= 0.3 is 0 Å². The summed E-state index contributed by atoms with van der Waals surface area (Å²) in [6.07, 6.45) is 1.63. The van der Waals surface area contributed by atoms with E-state index >= 15 is 0 Å². The molecule has 0 aliphatic heterocycles. The van der Waals surface area contributed by atoms with E-state index in [4.69, 9.17) is 22.2 Å². The molecule has 1 aromatic carbocycles. The molecule has 5 nitrogen and oxygen atoms in total. The van der Waals surface area contributed by atoms with Gasteiger partial charge in [0.15, 0.2) is 0 Å². The molecule has 21 heavy (non-hydrogen) atoms. The third-order valence-electron chi connectivity index (χ3n) is 3.31.